The van der Waals surface area contributed by atoms with Crippen molar-refractivity contribution in [3.8, 4) is 0 Å². The number of nitrogens with one attached hydrogen (secondary N) is 1. The van der Waals surface area contributed by atoms with Gasteiger partial charge in [0.15, 0.2) is 0 Å². The molecule has 0 heterocycles. The second kappa shape index (κ2) is 6.68. The quantitative estimate of drug-likeness (QED) is 0.485. The number of halogens is 2. The molecule has 0 aromatic heterocycles. The second-order valence-electron chi connectivity index (χ2n) is 2.57. The van der Waals surface area contributed by atoms with E-state index in [0.717, 1.165) is 5.56 Å². The van der Waals surface area contributed by atoms with E-state index in [4.69, 9.17) is 21.7 Å². The minimum absolute atomic E-state index is 0. The normalized spacial score (nSPS) is 11.3. The zero-order valence-electron chi connectivity index (χ0n) is 7.87. The Labute approximate surface area is 95.1 Å². The van der Waals surface area contributed by atoms with Gasteiger partial charge in [-0.2, -0.15) is 0 Å². The summed E-state index contributed by atoms with van der Waals surface area (Å²) in [6, 6.07) is 9.46. The lowest BCUT2D eigenvalue weighted by molar-refractivity contribution is 0.315. The maximum Gasteiger partial charge on any atom is 0.203 e. The average molecular weight is 234 g/mol. The van der Waals surface area contributed by atoms with E-state index in [2.05, 4.69) is 0 Å². The first-order valence-corrected chi connectivity index (χ1v) is 4.59. The Hall–Kier alpha value is -0.730. The van der Waals surface area contributed by atoms with Crippen LogP contribution in [0.2, 0.25) is 0 Å². The number of rotatable bonds is 3. The van der Waals surface area contributed by atoms with Crippen LogP contribution in [0.4, 0.5) is 0 Å². The number of ether oxygens (including phenoxy) is 1. The third kappa shape index (κ3) is 3.56. The summed E-state index contributed by atoms with van der Waals surface area (Å²) < 4.78 is 5.01. The van der Waals surface area contributed by atoms with Crippen LogP contribution in [0.1, 0.15) is 17.9 Å². The van der Waals surface area contributed by atoms with Gasteiger partial charge >= 0.3 is 0 Å². The molecule has 0 bridgehead atoms. The van der Waals surface area contributed by atoms with E-state index < -0.39 is 5.38 Å². The predicted molar refractivity (Wildman–Crippen MR) is 61.6 cm³/mol. The van der Waals surface area contributed by atoms with Crippen molar-refractivity contribution in [3.63, 3.8) is 0 Å². The van der Waals surface area contributed by atoms with Gasteiger partial charge in [0.05, 0.1) is 6.61 Å². The molecule has 1 aromatic rings. The van der Waals surface area contributed by atoms with Gasteiger partial charge in [-0.15, -0.1) is 24.0 Å². The van der Waals surface area contributed by atoms with Crippen LogP contribution < -0.4 is 0 Å². The van der Waals surface area contributed by atoms with Gasteiger partial charge in [0.2, 0.25) is 5.90 Å². The van der Waals surface area contributed by atoms with Crippen molar-refractivity contribution >= 4 is 29.9 Å². The Morgan fingerprint density at radius 2 is 2.00 bits per heavy atom. The molecule has 1 atom stereocenters. The largest absolute Gasteiger partial charge is 0.480 e. The van der Waals surface area contributed by atoms with E-state index in [0.29, 0.717) is 6.61 Å². The summed E-state index contributed by atoms with van der Waals surface area (Å²) >= 11 is 5.99. The van der Waals surface area contributed by atoms with Crippen molar-refractivity contribution in [3.05, 3.63) is 35.9 Å². The molecule has 0 aliphatic carbocycles. The molecule has 0 saturated heterocycles. The zero-order chi connectivity index (χ0) is 9.68. The van der Waals surface area contributed by atoms with Gasteiger partial charge in [-0.05, 0) is 12.5 Å². The summed E-state index contributed by atoms with van der Waals surface area (Å²) in [5.74, 6) is 0.107. The van der Waals surface area contributed by atoms with Crippen molar-refractivity contribution in [2.75, 3.05) is 6.61 Å². The third-order valence-electron chi connectivity index (χ3n) is 1.62. The lowest BCUT2D eigenvalue weighted by Crippen LogP contribution is -2.09. The summed E-state index contributed by atoms with van der Waals surface area (Å²) in [6.07, 6.45) is 0. The molecule has 0 aliphatic heterocycles. The van der Waals surface area contributed by atoms with Crippen LogP contribution in [0.5, 0.6) is 0 Å². The molecule has 14 heavy (non-hydrogen) atoms. The number of hydrogen-bond acceptors (Lipinski definition) is 2. The van der Waals surface area contributed by atoms with Gasteiger partial charge in [0.25, 0.3) is 0 Å². The topological polar surface area (TPSA) is 33.1 Å². The highest BCUT2D eigenvalue weighted by Crippen LogP contribution is 2.21. The molecule has 0 aliphatic rings. The Bertz CT molecular complexity index is 277. The molecule has 1 aromatic carbocycles. The van der Waals surface area contributed by atoms with Crippen molar-refractivity contribution < 1.29 is 4.74 Å². The molecule has 0 fully saturated rings. The molecule has 0 spiro atoms. The summed E-state index contributed by atoms with van der Waals surface area (Å²) in [4.78, 5) is 0. The highest BCUT2D eigenvalue weighted by Gasteiger charge is 2.13. The standard InChI is InChI=1S/C10H12ClNO.ClH/c1-2-13-10(12)9(11)8-6-4-3-5-7-8;/h3-7,9,12H,2H2,1H3;1H. The molecule has 2 nitrogen and oxygen atoms in total. The molecule has 78 valence electrons. The highest BCUT2D eigenvalue weighted by molar-refractivity contribution is 6.30. The van der Waals surface area contributed by atoms with E-state index in [1.54, 1.807) is 0 Å². The van der Waals surface area contributed by atoms with Crippen LogP contribution in [0, 0.1) is 5.41 Å². The summed E-state index contributed by atoms with van der Waals surface area (Å²) in [5.41, 5.74) is 0.891. The first-order valence-electron chi connectivity index (χ1n) is 4.16. The van der Waals surface area contributed by atoms with Crippen molar-refractivity contribution in [1.82, 2.24) is 0 Å². The molecule has 0 saturated carbocycles. The predicted octanol–water partition coefficient (Wildman–Crippen LogP) is 3.40. The van der Waals surface area contributed by atoms with Crippen LogP contribution in [0.15, 0.2) is 30.3 Å². The van der Waals surface area contributed by atoms with Crippen LogP contribution in [-0.2, 0) is 4.74 Å². The zero-order valence-corrected chi connectivity index (χ0v) is 9.44. The fraction of sp³-hybridized carbons (Fsp3) is 0.300. The lowest BCUT2D eigenvalue weighted by atomic mass is 10.1. The minimum Gasteiger partial charge on any atom is -0.480 e. The maximum absolute atomic E-state index is 7.48. The minimum atomic E-state index is -0.471. The first kappa shape index (κ1) is 13.3. The van der Waals surface area contributed by atoms with Gasteiger partial charge in [-0.25, -0.2) is 0 Å². The second-order valence-corrected chi connectivity index (χ2v) is 3.01. The third-order valence-corrected chi connectivity index (χ3v) is 2.07. The first-order chi connectivity index (χ1) is 6.25. The number of alkyl halides is 1. The highest BCUT2D eigenvalue weighted by atomic mass is 35.5. The average Bonchev–Trinajstić information content (AvgIpc) is 2.18. The van der Waals surface area contributed by atoms with Crippen LogP contribution in [0.3, 0.4) is 0 Å². The van der Waals surface area contributed by atoms with Crippen molar-refractivity contribution in [1.29, 1.82) is 5.41 Å². The van der Waals surface area contributed by atoms with Crippen molar-refractivity contribution in [2.45, 2.75) is 12.3 Å². The summed E-state index contributed by atoms with van der Waals surface area (Å²) in [5, 5.41) is 7.01. The van der Waals surface area contributed by atoms with Gasteiger partial charge in [-0.1, -0.05) is 30.3 Å². The smallest absolute Gasteiger partial charge is 0.203 e. The summed E-state index contributed by atoms with van der Waals surface area (Å²) in [6.45, 7) is 2.32. The monoisotopic (exact) mass is 233 g/mol. The molecule has 1 N–H and O–H groups in total. The number of benzene rings is 1. The Morgan fingerprint density at radius 3 is 2.50 bits per heavy atom. The fourth-order valence-corrected chi connectivity index (χ4v) is 1.21. The fourth-order valence-electron chi connectivity index (χ4n) is 1.00. The van der Waals surface area contributed by atoms with Gasteiger partial charge in [0, 0.05) is 0 Å². The van der Waals surface area contributed by atoms with Crippen LogP contribution in [-0.4, -0.2) is 12.5 Å². The molecule has 1 unspecified atom stereocenters. The lowest BCUT2D eigenvalue weighted by Gasteiger charge is -2.10. The van der Waals surface area contributed by atoms with Crippen molar-refractivity contribution in [2.24, 2.45) is 0 Å². The molecule has 1 rings (SSSR count). The van der Waals surface area contributed by atoms with Gasteiger partial charge in [-0.3, -0.25) is 5.41 Å². The van der Waals surface area contributed by atoms with E-state index in [9.17, 15) is 0 Å². The maximum atomic E-state index is 7.48. The Morgan fingerprint density at radius 1 is 1.43 bits per heavy atom. The molecular weight excluding hydrogens is 221 g/mol. The number of hydrogen-bond donors (Lipinski definition) is 1. The van der Waals surface area contributed by atoms with Crippen LogP contribution >= 0.6 is 24.0 Å². The van der Waals surface area contributed by atoms with E-state index in [-0.39, 0.29) is 18.3 Å². The molecule has 4 heteroatoms. The molecular formula is C10H13Cl2NO. The van der Waals surface area contributed by atoms with E-state index in [1.165, 1.54) is 0 Å². The van der Waals surface area contributed by atoms with Gasteiger partial charge in [0.1, 0.15) is 5.38 Å². The van der Waals surface area contributed by atoms with E-state index >= 15 is 0 Å². The van der Waals surface area contributed by atoms with E-state index in [1.807, 2.05) is 37.3 Å². The molecule has 0 radical (unpaired) electrons. The summed E-state index contributed by atoms with van der Waals surface area (Å²) in [7, 11) is 0. The molecule has 0 amide bonds. The Balaban J connectivity index is 0.00000169. The van der Waals surface area contributed by atoms with Crippen LogP contribution in [0.25, 0.3) is 0 Å². The van der Waals surface area contributed by atoms with Gasteiger partial charge < -0.3 is 4.74 Å². The SMILES string of the molecule is CCOC(=N)C(Cl)c1ccccc1.Cl. The Kier molecular flexibility index (Phi) is 6.34.